The van der Waals surface area contributed by atoms with Gasteiger partial charge >= 0.3 is 5.97 Å². The van der Waals surface area contributed by atoms with Crippen LogP contribution in [-0.2, 0) is 9.53 Å². The minimum atomic E-state index is -1.33. The zero-order chi connectivity index (χ0) is 29.0. The molecular formula is C25H30N8O7. The number of aliphatic carboxylic acids is 1. The number of primary amides is 1. The highest BCUT2D eigenvalue weighted by Gasteiger charge is 2.44. The number of nitrogens with zero attached hydrogens (tertiary/aromatic N) is 5. The Bertz CT molecular complexity index is 1450. The number of anilines is 1. The maximum absolute atomic E-state index is 11.6. The van der Waals surface area contributed by atoms with Gasteiger partial charge in [0.2, 0.25) is 5.91 Å². The van der Waals surface area contributed by atoms with E-state index < -0.39 is 42.5 Å². The molecule has 40 heavy (non-hydrogen) atoms. The molecule has 4 rings (SSSR count). The number of hydrogen-bond donors (Lipinski definition) is 6. The number of aliphatic hydroxyl groups excluding tert-OH is 2. The van der Waals surface area contributed by atoms with Crippen LogP contribution < -0.4 is 21.9 Å². The standard InChI is InChI=1S/C25H30N8O7/c1-39-16-5-4-14(22(28)36)9-13(16)3-2-7-32(8-6-15(26)25(37)38)10-17-19(34)20(35)24(40-17)33-12-31-18-21(27)29-11-30-23(18)33/h4-5,9,11-12,15,17,19-20,24,34-35H,6-8,10,26H2,1H3,(H2,28,36)(H,37,38)(H2,27,29,30)/t15-,17+,19+,20+,24+/m0/s1. The molecule has 0 unspecified atom stereocenters. The molecule has 5 atom stereocenters. The normalized spacial score (nSPS) is 21.2. The Kier molecular flexibility index (Phi) is 8.77. The summed E-state index contributed by atoms with van der Waals surface area (Å²) in [5.74, 6) is 4.74. The molecule has 1 fully saturated rings. The number of aromatic nitrogens is 4. The number of carbonyl (C=O) groups excluding carboxylic acids is 1. The van der Waals surface area contributed by atoms with Crippen molar-refractivity contribution in [2.75, 3.05) is 32.5 Å². The first-order chi connectivity index (χ1) is 19.1. The molecule has 0 bridgehead atoms. The fourth-order valence-electron chi connectivity index (χ4n) is 4.31. The number of imidazole rings is 1. The SMILES string of the molecule is COc1ccc(C(N)=O)cc1C#CCN(CC[C@H](N)C(=O)O)C[C@H]1O[C@@H](n2cnc3c(N)ncnc32)[C@H](O)[C@@H]1O. The average Bonchev–Trinajstić information content (AvgIpc) is 3.48. The molecule has 0 spiro atoms. The summed E-state index contributed by atoms with van der Waals surface area (Å²) in [6.07, 6.45) is -1.78. The molecule has 0 aliphatic carbocycles. The molecule has 1 saturated heterocycles. The molecule has 1 aromatic carbocycles. The molecule has 1 aliphatic heterocycles. The number of rotatable bonds is 10. The van der Waals surface area contributed by atoms with Gasteiger partial charge in [0.1, 0.15) is 41.9 Å². The van der Waals surface area contributed by atoms with E-state index in [4.69, 9.17) is 26.7 Å². The van der Waals surface area contributed by atoms with Gasteiger partial charge in [-0.15, -0.1) is 0 Å². The van der Waals surface area contributed by atoms with Gasteiger partial charge in [0.05, 0.1) is 25.5 Å². The molecule has 0 radical (unpaired) electrons. The number of hydrogen-bond acceptors (Lipinski definition) is 12. The quantitative estimate of drug-likeness (QED) is 0.153. The van der Waals surface area contributed by atoms with Crippen molar-refractivity contribution in [2.45, 2.75) is 37.0 Å². The molecule has 0 saturated carbocycles. The molecule has 3 heterocycles. The van der Waals surface area contributed by atoms with Crippen molar-refractivity contribution in [3.63, 3.8) is 0 Å². The Balaban J connectivity index is 1.54. The molecule has 3 aromatic rings. The van der Waals surface area contributed by atoms with Crippen LogP contribution in [0, 0.1) is 11.8 Å². The largest absolute Gasteiger partial charge is 0.495 e. The first-order valence-corrected chi connectivity index (χ1v) is 12.2. The maximum atomic E-state index is 11.6. The third-order valence-corrected chi connectivity index (χ3v) is 6.52. The Morgan fingerprint density at radius 1 is 1.25 bits per heavy atom. The van der Waals surface area contributed by atoms with E-state index in [2.05, 4.69) is 26.8 Å². The number of aliphatic hydroxyl groups is 2. The highest BCUT2D eigenvalue weighted by molar-refractivity contribution is 5.93. The van der Waals surface area contributed by atoms with E-state index in [0.717, 1.165) is 0 Å². The smallest absolute Gasteiger partial charge is 0.320 e. The maximum Gasteiger partial charge on any atom is 0.320 e. The number of amides is 1. The number of fused-ring (bicyclic) bond motifs is 1. The van der Waals surface area contributed by atoms with Crippen molar-refractivity contribution in [3.8, 4) is 17.6 Å². The molecule has 1 amide bonds. The van der Waals surface area contributed by atoms with Crippen LogP contribution in [0.15, 0.2) is 30.9 Å². The molecule has 15 heteroatoms. The minimum Gasteiger partial charge on any atom is -0.495 e. The summed E-state index contributed by atoms with van der Waals surface area (Å²) < 4.78 is 12.8. The lowest BCUT2D eigenvalue weighted by Gasteiger charge is -2.25. The number of carboxylic acid groups (broad SMARTS) is 1. The van der Waals surface area contributed by atoms with Crippen LogP contribution >= 0.6 is 0 Å². The predicted molar refractivity (Wildman–Crippen MR) is 141 cm³/mol. The van der Waals surface area contributed by atoms with Gasteiger partial charge in [-0.1, -0.05) is 11.8 Å². The summed E-state index contributed by atoms with van der Waals surface area (Å²) in [6, 6.07) is 3.50. The highest BCUT2D eigenvalue weighted by atomic mass is 16.6. The van der Waals surface area contributed by atoms with Crippen LogP contribution in [0.5, 0.6) is 5.75 Å². The average molecular weight is 555 g/mol. The van der Waals surface area contributed by atoms with Crippen LogP contribution in [0.3, 0.4) is 0 Å². The second-order valence-electron chi connectivity index (χ2n) is 9.18. The molecular weight excluding hydrogens is 524 g/mol. The second kappa shape index (κ2) is 12.2. The predicted octanol–water partition coefficient (Wildman–Crippen LogP) is -1.71. The van der Waals surface area contributed by atoms with E-state index in [0.29, 0.717) is 22.5 Å². The molecule has 212 valence electrons. The monoisotopic (exact) mass is 554 g/mol. The third kappa shape index (κ3) is 6.11. The van der Waals surface area contributed by atoms with Gasteiger partial charge in [0.25, 0.3) is 0 Å². The number of nitrogens with two attached hydrogens (primary N) is 3. The number of carboxylic acids is 1. The molecule has 15 nitrogen and oxygen atoms in total. The lowest BCUT2D eigenvalue weighted by Crippen LogP contribution is -2.42. The Morgan fingerprint density at radius 2 is 2.02 bits per heavy atom. The summed E-state index contributed by atoms with van der Waals surface area (Å²) in [5.41, 5.74) is 18.3. The van der Waals surface area contributed by atoms with E-state index in [1.54, 1.807) is 11.0 Å². The fourth-order valence-corrected chi connectivity index (χ4v) is 4.31. The van der Waals surface area contributed by atoms with E-state index in [9.17, 15) is 24.9 Å². The first-order valence-electron chi connectivity index (χ1n) is 12.2. The Labute approximate surface area is 228 Å². The summed E-state index contributed by atoms with van der Waals surface area (Å²) in [4.78, 5) is 36.8. The van der Waals surface area contributed by atoms with Crippen LogP contribution in [0.25, 0.3) is 11.2 Å². The van der Waals surface area contributed by atoms with Gasteiger partial charge in [-0.25, -0.2) is 15.0 Å². The number of nitrogen functional groups attached to an aromatic ring is 1. The second-order valence-corrected chi connectivity index (χ2v) is 9.18. The zero-order valence-electron chi connectivity index (χ0n) is 21.5. The lowest BCUT2D eigenvalue weighted by atomic mass is 10.1. The van der Waals surface area contributed by atoms with Gasteiger partial charge < -0.3 is 42.0 Å². The van der Waals surface area contributed by atoms with Gasteiger partial charge in [-0.2, -0.15) is 0 Å². The van der Waals surface area contributed by atoms with Crippen molar-refractivity contribution in [3.05, 3.63) is 42.0 Å². The van der Waals surface area contributed by atoms with Gasteiger partial charge in [-0.3, -0.25) is 19.1 Å². The summed E-state index contributed by atoms with van der Waals surface area (Å²) in [5, 5.41) is 30.8. The molecule has 2 aromatic heterocycles. The molecule has 1 aliphatic rings. The Morgan fingerprint density at radius 3 is 2.73 bits per heavy atom. The number of carbonyl (C=O) groups is 2. The van der Waals surface area contributed by atoms with Crippen molar-refractivity contribution in [2.24, 2.45) is 11.5 Å². The van der Waals surface area contributed by atoms with E-state index >= 15 is 0 Å². The zero-order valence-corrected chi connectivity index (χ0v) is 21.5. The summed E-state index contributed by atoms with van der Waals surface area (Å²) >= 11 is 0. The van der Waals surface area contributed by atoms with Crippen molar-refractivity contribution >= 4 is 28.9 Å². The topological polar surface area (TPSA) is 238 Å². The first kappa shape index (κ1) is 28.7. The van der Waals surface area contributed by atoms with Crippen molar-refractivity contribution in [1.29, 1.82) is 0 Å². The highest BCUT2D eigenvalue weighted by Crippen LogP contribution is 2.32. The van der Waals surface area contributed by atoms with Gasteiger partial charge in [0.15, 0.2) is 17.7 Å². The minimum absolute atomic E-state index is 0.0813. The van der Waals surface area contributed by atoms with Crippen LogP contribution in [0.1, 0.15) is 28.6 Å². The lowest BCUT2D eigenvalue weighted by molar-refractivity contribution is -0.138. The molecule has 9 N–H and O–H groups in total. The number of methoxy groups -OCH3 is 1. The Hall–Kier alpha value is -4.33. The van der Waals surface area contributed by atoms with E-state index in [-0.39, 0.29) is 37.4 Å². The van der Waals surface area contributed by atoms with E-state index in [1.165, 1.54) is 36.5 Å². The summed E-state index contributed by atoms with van der Waals surface area (Å²) in [7, 11) is 1.47. The number of ether oxygens (including phenoxy) is 2. The van der Waals surface area contributed by atoms with Crippen molar-refractivity contribution in [1.82, 2.24) is 24.4 Å². The van der Waals surface area contributed by atoms with Crippen LogP contribution in [-0.4, -0.2) is 103 Å². The van der Waals surface area contributed by atoms with Crippen LogP contribution in [0.4, 0.5) is 5.82 Å². The van der Waals surface area contributed by atoms with Crippen molar-refractivity contribution < 1.29 is 34.4 Å². The van der Waals surface area contributed by atoms with Gasteiger partial charge in [-0.05, 0) is 24.6 Å². The van der Waals surface area contributed by atoms with E-state index in [1.807, 2.05) is 0 Å². The fraction of sp³-hybridized carbons (Fsp3) is 0.400. The van der Waals surface area contributed by atoms with Crippen LogP contribution in [0.2, 0.25) is 0 Å². The summed E-state index contributed by atoms with van der Waals surface area (Å²) in [6.45, 7) is 0.394. The number of benzene rings is 1. The van der Waals surface area contributed by atoms with Gasteiger partial charge in [0, 0.05) is 18.7 Å². The third-order valence-electron chi connectivity index (χ3n) is 6.52.